The molecule has 0 unspecified atom stereocenters. The predicted molar refractivity (Wildman–Crippen MR) is 131 cm³/mol. The van der Waals surface area contributed by atoms with Crippen LogP contribution in [0.15, 0.2) is 45.1 Å². The predicted octanol–water partition coefficient (Wildman–Crippen LogP) is 6.06. The first kappa shape index (κ1) is 21.4. The van der Waals surface area contributed by atoms with Crippen LogP contribution in [0, 0.1) is 6.92 Å². The molecule has 1 aromatic carbocycles. The van der Waals surface area contributed by atoms with Crippen molar-refractivity contribution in [3.8, 4) is 11.5 Å². The summed E-state index contributed by atoms with van der Waals surface area (Å²) < 4.78 is 9.53. The molecule has 0 N–H and O–H groups in total. The van der Waals surface area contributed by atoms with Gasteiger partial charge in [-0.2, -0.15) is 0 Å². The van der Waals surface area contributed by atoms with Crippen molar-refractivity contribution in [3.63, 3.8) is 0 Å². The standard InChI is InChI=1S/C22H24BrN3O2SSi/c1-14-9-16(23)11-17-20(14)25-21(18-10-15-5-7-29-19(15)12-24-18)26(22(17)27)13-28-6-8-30(2,3)4/h5,7,9-12H,6,8,13H2,1-4H3. The summed E-state index contributed by atoms with van der Waals surface area (Å²) in [5.74, 6) is 0.541. The summed E-state index contributed by atoms with van der Waals surface area (Å²) >= 11 is 5.15. The minimum Gasteiger partial charge on any atom is -0.361 e. The van der Waals surface area contributed by atoms with Gasteiger partial charge in [0.15, 0.2) is 5.82 Å². The van der Waals surface area contributed by atoms with Crippen LogP contribution in [0.5, 0.6) is 0 Å². The molecule has 0 aliphatic heterocycles. The molecule has 0 radical (unpaired) electrons. The second-order valence-corrected chi connectivity index (χ2v) is 16.1. The van der Waals surface area contributed by atoms with E-state index >= 15 is 0 Å². The van der Waals surface area contributed by atoms with E-state index in [2.05, 4.69) is 46.6 Å². The molecule has 0 bridgehead atoms. The number of rotatable bonds is 6. The van der Waals surface area contributed by atoms with E-state index in [1.165, 1.54) is 0 Å². The molecule has 0 fully saturated rings. The highest BCUT2D eigenvalue weighted by Crippen LogP contribution is 2.27. The molecule has 0 saturated heterocycles. The lowest BCUT2D eigenvalue weighted by Gasteiger charge is -2.17. The summed E-state index contributed by atoms with van der Waals surface area (Å²) in [6.07, 6.45) is 1.84. The zero-order valence-corrected chi connectivity index (χ0v) is 20.9. The van der Waals surface area contributed by atoms with Crippen molar-refractivity contribution in [1.82, 2.24) is 14.5 Å². The molecule has 156 valence electrons. The summed E-state index contributed by atoms with van der Waals surface area (Å²) in [6.45, 7) is 9.70. The Labute approximate surface area is 188 Å². The van der Waals surface area contributed by atoms with Crippen LogP contribution in [-0.4, -0.2) is 29.2 Å². The zero-order chi connectivity index (χ0) is 21.5. The molecule has 5 nitrogen and oxygen atoms in total. The van der Waals surface area contributed by atoms with E-state index in [1.54, 1.807) is 15.9 Å². The van der Waals surface area contributed by atoms with E-state index < -0.39 is 8.07 Å². The van der Waals surface area contributed by atoms with Gasteiger partial charge in [0.1, 0.15) is 12.4 Å². The van der Waals surface area contributed by atoms with Crippen molar-refractivity contribution < 1.29 is 4.74 Å². The third-order valence-corrected chi connectivity index (χ3v) is 8.03. The quantitative estimate of drug-likeness (QED) is 0.238. The van der Waals surface area contributed by atoms with Crippen molar-refractivity contribution in [2.75, 3.05) is 6.61 Å². The Morgan fingerprint density at radius 1 is 1.23 bits per heavy atom. The largest absolute Gasteiger partial charge is 0.361 e. The Balaban J connectivity index is 1.84. The van der Waals surface area contributed by atoms with Gasteiger partial charge in [-0.15, -0.1) is 11.3 Å². The van der Waals surface area contributed by atoms with Gasteiger partial charge in [-0.1, -0.05) is 35.6 Å². The van der Waals surface area contributed by atoms with Gasteiger partial charge in [0, 0.05) is 25.4 Å². The number of aromatic nitrogens is 3. The van der Waals surface area contributed by atoms with E-state index in [-0.39, 0.29) is 12.3 Å². The van der Waals surface area contributed by atoms with Crippen LogP contribution in [0.2, 0.25) is 25.7 Å². The van der Waals surface area contributed by atoms with Gasteiger partial charge in [0.05, 0.1) is 15.6 Å². The molecule has 30 heavy (non-hydrogen) atoms. The Morgan fingerprint density at radius 2 is 2.03 bits per heavy atom. The minimum atomic E-state index is -1.21. The van der Waals surface area contributed by atoms with Crippen molar-refractivity contribution in [2.24, 2.45) is 0 Å². The van der Waals surface area contributed by atoms with Crippen molar-refractivity contribution >= 4 is 56.3 Å². The van der Waals surface area contributed by atoms with Crippen molar-refractivity contribution in [1.29, 1.82) is 0 Å². The molecule has 4 rings (SSSR count). The maximum atomic E-state index is 13.4. The highest BCUT2D eigenvalue weighted by molar-refractivity contribution is 9.10. The second kappa shape index (κ2) is 8.34. The minimum absolute atomic E-state index is 0.111. The number of ether oxygens (including phenoxy) is 1. The Morgan fingerprint density at radius 3 is 2.80 bits per heavy atom. The molecular formula is C22H24BrN3O2SSi. The molecule has 3 aromatic heterocycles. The van der Waals surface area contributed by atoms with Crippen LogP contribution in [0.3, 0.4) is 0 Å². The molecule has 0 atom stereocenters. The molecule has 8 heteroatoms. The third kappa shape index (κ3) is 4.41. The van der Waals surface area contributed by atoms with Gasteiger partial charge in [-0.25, -0.2) is 4.98 Å². The van der Waals surface area contributed by atoms with Gasteiger partial charge < -0.3 is 4.74 Å². The van der Waals surface area contributed by atoms with Crippen LogP contribution in [0.4, 0.5) is 0 Å². The Kier molecular flexibility index (Phi) is 5.94. The number of hydrogen-bond acceptors (Lipinski definition) is 5. The molecule has 3 heterocycles. The fraction of sp³-hybridized carbons (Fsp3) is 0.318. The van der Waals surface area contributed by atoms with Crippen LogP contribution in [0.25, 0.3) is 32.5 Å². The number of fused-ring (bicyclic) bond motifs is 2. The highest BCUT2D eigenvalue weighted by Gasteiger charge is 2.17. The number of nitrogens with zero attached hydrogens (tertiary/aromatic N) is 3. The molecule has 0 spiro atoms. The van der Waals surface area contributed by atoms with E-state index in [1.807, 2.05) is 36.7 Å². The number of benzene rings is 1. The maximum absolute atomic E-state index is 13.4. The van der Waals surface area contributed by atoms with Gasteiger partial charge in [-0.3, -0.25) is 14.3 Å². The number of aryl methyl sites for hydroxylation is 1. The molecular weight excluding hydrogens is 478 g/mol. The molecule has 0 amide bonds. The Bertz CT molecular complexity index is 1290. The monoisotopic (exact) mass is 501 g/mol. The van der Waals surface area contributed by atoms with Crippen molar-refractivity contribution in [3.05, 3.63) is 56.2 Å². The normalized spacial score (nSPS) is 12.2. The number of pyridine rings is 1. The first-order valence-electron chi connectivity index (χ1n) is 9.85. The molecule has 0 aliphatic rings. The summed E-state index contributed by atoms with van der Waals surface area (Å²) in [5.41, 5.74) is 2.21. The third-order valence-electron chi connectivity index (χ3n) is 5.00. The summed E-state index contributed by atoms with van der Waals surface area (Å²) in [7, 11) is -1.21. The lowest BCUT2D eigenvalue weighted by molar-refractivity contribution is 0.0856. The van der Waals surface area contributed by atoms with Gasteiger partial charge in [-0.05, 0) is 53.6 Å². The molecule has 4 aromatic rings. The van der Waals surface area contributed by atoms with Crippen LogP contribution in [0.1, 0.15) is 5.56 Å². The van der Waals surface area contributed by atoms with Gasteiger partial charge >= 0.3 is 0 Å². The molecule has 0 aliphatic carbocycles. The fourth-order valence-electron chi connectivity index (χ4n) is 3.29. The van der Waals surface area contributed by atoms with E-state index in [0.29, 0.717) is 29.0 Å². The topological polar surface area (TPSA) is 57.0 Å². The van der Waals surface area contributed by atoms with Crippen LogP contribution < -0.4 is 5.56 Å². The number of halogens is 1. The first-order valence-corrected chi connectivity index (χ1v) is 15.2. The number of thiophene rings is 1. The van der Waals surface area contributed by atoms with E-state index in [0.717, 1.165) is 26.2 Å². The van der Waals surface area contributed by atoms with E-state index in [9.17, 15) is 4.79 Å². The lowest BCUT2D eigenvalue weighted by atomic mass is 10.1. The van der Waals surface area contributed by atoms with Crippen LogP contribution >= 0.6 is 27.3 Å². The molecule has 0 saturated carbocycles. The average molecular weight is 503 g/mol. The smallest absolute Gasteiger partial charge is 0.263 e. The first-order chi connectivity index (χ1) is 14.2. The summed E-state index contributed by atoms with van der Waals surface area (Å²) in [4.78, 5) is 22.9. The van der Waals surface area contributed by atoms with E-state index in [4.69, 9.17) is 9.72 Å². The number of hydrogen-bond donors (Lipinski definition) is 0. The fourth-order valence-corrected chi connectivity index (χ4v) is 5.36. The summed E-state index contributed by atoms with van der Waals surface area (Å²) in [6, 6.07) is 8.90. The van der Waals surface area contributed by atoms with Crippen LogP contribution in [-0.2, 0) is 11.5 Å². The average Bonchev–Trinajstić information content (AvgIpc) is 3.14. The second-order valence-electron chi connectivity index (χ2n) is 8.66. The Hall–Kier alpha value is -1.87. The maximum Gasteiger partial charge on any atom is 0.263 e. The highest BCUT2D eigenvalue weighted by atomic mass is 79.9. The SMILES string of the molecule is Cc1cc(Br)cc2c(=O)n(COCC[Si](C)(C)C)c(-c3cc4ccsc4cn3)nc12. The summed E-state index contributed by atoms with van der Waals surface area (Å²) in [5, 5.41) is 3.71. The van der Waals surface area contributed by atoms with Crippen molar-refractivity contribution in [2.45, 2.75) is 39.3 Å². The van der Waals surface area contributed by atoms with Gasteiger partial charge in [0.25, 0.3) is 5.56 Å². The lowest BCUT2D eigenvalue weighted by Crippen LogP contribution is -2.27. The zero-order valence-electron chi connectivity index (χ0n) is 17.5. The van der Waals surface area contributed by atoms with Gasteiger partial charge in [0.2, 0.25) is 0 Å².